The molecule has 6 nitrogen and oxygen atoms in total. The van der Waals surface area contributed by atoms with Gasteiger partial charge >= 0.3 is 6.03 Å². The van der Waals surface area contributed by atoms with E-state index < -0.39 is 17.8 Å². The number of ether oxygens (including phenoxy) is 1. The third-order valence-electron chi connectivity index (χ3n) is 2.48. The average molecular weight is 228 g/mol. The molecule has 1 heterocycles. The Kier molecular flexibility index (Phi) is 4.00. The summed E-state index contributed by atoms with van der Waals surface area (Å²) in [4.78, 5) is 35.2. The average Bonchev–Trinajstić information content (AvgIpc) is 2.14. The number of nitrogens with zero attached hydrogens (tertiary/aromatic N) is 1. The molecule has 4 amide bonds. The number of imide groups is 2. The molecule has 1 atom stereocenters. The van der Waals surface area contributed by atoms with Gasteiger partial charge in [-0.25, -0.2) is 4.79 Å². The third kappa shape index (κ3) is 2.57. The highest BCUT2D eigenvalue weighted by Gasteiger charge is 2.37. The zero-order valence-corrected chi connectivity index (χ0v) is 9.65. The van der Waals surface area contributed by atoms with Crippen LogP contribution in [0.15, 0.2) is 0 Å². The van der Waals surface area contributed by atoms with Crippen molar-refractivity contribution in [1.82, 2.24) is 10.2 Å². The summed E-state index contributed by atoms with van der Waals surface area (Å²) in [5, 5.41) is 2.13. The molecule has 0 saturated carbocycles. The topological polar surface area (TPSA) is 75.7 Å². The standard InChI is InChI=1S/C10H16N2O4/c1-6(2)7(5-16-3)12-9(14)4-8(13)11-10(12)15/h6-7H,4-5H2,1-3H3,(H,11,13,15). The lowest BCUT2D eigenvalue weighted by Crippen LogP contribution is -2.58. The molecule has 1 aliphatic heterocycles. The molecule has 6 heteroatoms. The smallest absolute Gasteiger partial charge is 0.331 e. The lowest BCUT2D eigenvalue weighted by Gasteiger charge is -2.34. The fraction of sp³-hybridized carbons (Fsp3) is 0.700. The summed E-state index contributed by atoms with van der Waals surface area (Å²) in [7, 11) is 1.51. The Bertz CT molecular complexity index is 294. The Hall–Kier alpha value is -1.43. The lowest BCUT2D eigenvalue weighted by molar-refractivity contribution is -0.139. The maximum Gasteiger partial charge on any atom is 0.331 e. The Labute approximate surface area is 93.9 Å². The molecular formula is C10H16N2O4. The second-order valence-electron chi connectivity index (χ2n) is 4.06. The van der Waals surface area contributed by atoms with Gasteiger partial charge in [-0.1, -0.05) is 13.8 Å². The number of methoxy groups -OCH3 is 1. The largest absolute Gasteiger partial charge is 0.383 e. The number of barbiturate groups is 1. The van der Waals surface area contributed by atoms with Crippen molar-refractivity contribution in [1.29, 1.82) is 0 Å². The van der Waals surface area contributed by atoms with E-state index in [1.807, 2.05) is 13.8 Å². The van der Waals surface area contributed by atoms with Crippen molar-refractivity contribution in [3.63, 3.8) is 0 Å². The van der Waals surface area contributed by atoms with Crippen molar-refractivity contribution < 1.29 is 19.1 Å². The summed E-state index contributed by atoms with van der Waals surface area (Å²) in [6, 6.07) is -0.998. The zero-order chi connectivity index (χ0) is 12.3. The van der Waals surface area contributed by atoms with Gasteiger partial charge in [-0.2, -0.15) is 0 Å². The van der Waals surface area contributed by atoms with Crippen LogP contribution in [0, 0.1) is 5.92 Å². The molecule has 0 radical (unpaired) electrons. The van der Waals surface area contributed by atoms with E-state index in [1.54, 1.807) is 0 Å². The van der Waals surface area contributed by atoms with Crippen molar-refractivity contribution in [3.8, 4) is 0 Å². The number of carbonyl (C=O) groups is 3. The van der Waals surface area contributed by atoms with Crippen LogP contribution in [0.5, 0.6) is 0 Å². The SMILES string of the molecule is COCC(C(C)C)N1C(=O)CC(=O)NC1=O. The fourth-order valence-electron chi connectivity index (χ4n) is 1.63. The molecule has 0 spiro atoms. The Morgan fingerprint density at radius 1 is 1.38 bits per heavy atom. The maximum atomic E-state index is 11.6. The highest BCUT2D eigenvalue weighted by Crippen LogP contribution is 2.15. The van der Waals surface area contributed by atoms with Crippen LogP contribution in [-0.2, 0) is 14.3 Å². The van der Waals surface area contributed by atoms with Crippen molar-refractivity contribution in [2.75, 3.05) is 13.7 Å². The summed E-state index contributed by atoms with van der Waals surface area (Å²) in [5.41, 5.74) is 0. The van der Waals surface area contributed by atoms with Crippen LogP contribution in [0.25, 0.3) is 0 Å². The monoisotopic (exact) mass is 228 g/mol. The third-order valence-corrected chi connectivity index (χ3v) is 2.48. The maximum absolute atomic E-state index is 11.6. The van der Waals surface area contributed by atoms with Gasteiger partial charge in [0.15, 0.2) is 0 Å². The van der Waals surface area contributed by atoms with Crippen molar-refractivity contribution in [3.05, 3.63) is 0 Å². The second-order valence-corrected chi connectivity index (χ2v) is 4.06. The van der Waals surface area contributed by atoms with E-state index in [1.165, 1.54) is 7.11 Å². The normalized spacial score (nSPS) is 19.0. The summed E-state index contributed by atoms with van der Waals surface area (Å²) >= 11 is 0. The van der Waals surface area contributed by atoms with Gasteiger partial charge in [-0.05, 0) is 5.92 Å². The van der Waals surface area contributed by atoms with Gasteiger partial charge in [0.1, 0.15) is 6.42 Å². The minimum absolute atomic E-state index is 0.0721. The second kappa shape index (κ2) is 5.07. The van der Waals surface area contributed by atoms with Crippen molar-refractivity contribution in [2.45, 2.75) is 26.3 Å². The van der Waals surface area contributed by atoms with Gasteiger partial charge in [0.2, 0.25) is 11.8 Å². The molecule has 1 rings (SSSR count). The van der Waals surface area contributed by atoms with Crippen LogP contribution < -0.4 is 5.32 Å². The van der Waals surface area contributed by atoms with Gasteiger partial charge < -0.3 is 4.74 Å². The van der Waals surface area contributed by atoms with E-state index in [-0.39, 0.29) is 25.0 Å². The summed E-state index contributed by atoms with van der Waals surface area (Å²) in [6.45, 7) is 4.05. The molecule has 0 aromatic rings. The number of urea groups is 1. The Balaban J connectivity index is 2.86. The van der Waals surface area contributed by atoms with Gasteiger partial charge in [-0.15, -0.1) is 0 Å². The molecule has 1 unspecified atom stereocenters. The van der Waals surface area contributed by atoms with Crippen molar-refractivity contribution >= 4 is 17.8 Å². The molecule has 1 saturated heterocycles. The number of rotatable bonds is 4. The van der Waals surface area contributed by atoms with E-state index >= 15 is 0 Å². The molecule has 1 aliphatic rings. The molecule has 16 heavy (non-hydrogen) atoms. The predicted molar refractivity (Wildman–Crippen MR) is 55.5 cm³/mol. The number of hydrogen-bond donors (Lipinski definition) is 1. The van der Waals surface area contributed by atoms with Crippen LogP contribution in [0.2, 0.25) is 0 Å². The molecule has 90 valence electrons. The molecule has 0 aliphatic carbocycles. The van der Waals surface area contributed by atoms with Gasteiger partial charge in [-0.3, -0.25) is 19.8 Å². The van der Waals surface area contributed by atoms with Crippen LogP contribution >= 0.6 is 0 Å². The highest BCUT2D eigenvalue weighted by molar-refractivity contribution is 6.14. The number of hydrogen-bond acceptors (Lipinski definition) is 4. The zero-order valence-electron chi connectivity index (χ0n) is 9.65. The van der Waals surface area contributed by atoms with E-state index in [0.717, 1.165) is 4.90 Å². The number of nitrogens with one attached hydrogen (secondary N) is 1. The lowest BCUT2D eigenvalue weighted by atomic mass is 10.0. The molecular weight excluding hydrogens is 212 g/mol. The Morgan fingerprint density at radius 3 is 2.44 bits per heavy atom. The van der Waals surface area contributed by atoms with Gasteiger partial charge in [0.25, 0.3) is 0 Å². The molecule has 0 aromatic heterocycles. The number of carbonyl (C=O) groups excluding carboxylic acids is 3. The quantitative estimate of drug-likeness (QED) is 0.694. The Morgan fingerprint density at radius 2 is 2.00 bits per heavy atom. The van der Waals surface area contributed by atoms with Crippen molar-refractivity contribution in [2.24, 2.45) is 5.92 Å². The van der Waals surface area contributed by atoms with E-state index in [0.29, 0.717) is 0 Å². The fourth-order valence-corrected chi connectivity index (χ4v) is 1.63. The molecule has 0 bridgehead atoms. The molecule has 1 fully saturated rings. The molecule has 0 aromatic carbocycles. The first-order chi connectivity index (χ1) is 7.47. The van der Waals surface area contributed by atoms with Crippen LogP contribution in [0.4, 0.5) is 4.79 Å². The molecule has 1 N–H and O–H groups in total. The predicted octanol–water partition coefficient (Wildman–Crippen LogP) is 0.126. The summed E-state index contributed by atoms with van der Waals surface area (Å²) < 4.78 is 4.98. The highest BCUT2D eigenvalue weighted by atomic mass is 16.5. The summed E-state index contributed by atoms with van der Waals surface area (Å²) in [6.07, 6.45) is -0.279. The van der Waals surface area contributed by atoms with Gasteiger partial charge in [0, 0.05) is 7.11 Å². The first-order valence-electron chi connectivity index (χ1n) is 5.12. The number of amides is 4. The van der Waals surface area contributed by atoms with Gasteiger partial charge in [0.05, 0.1) is 12.6 Å². The van der Waals surface area contributed by atoms with Crippen LogP contribution in [0.1, 0.15) is 20.3 Å². The van der Waals surface area contributed by atoms with E-state index in [2.05, 4.69) is 5.32 Å². The first kappa shape index (κ1) is 12.6. The minimum atomic E-state index is -0.656. The van der Waals surface area contributed by atoms with Crippen LogP contribution in [0.3, 0.4) is 0 Å². The first-order valence-corrected chi connectivity index (χ1v) is 5.12. The minimum Gasteiger partial charge on any atom is -0.383 e. The van der Waals surface area contributed by atoms with E-state index in [4.69, 9.17) is 4.74 Å². The van der Waals surface area contributed by atoms with Crippen LogP contribution in [-0.4, -0.2) is 42.5 Å². The van der Waals surface area contributed by atoms with E-state index in [9.17, 15) is 14.4 Å². The summed E-state index contributed by atoms with van der Waals surface area (Å²) in [5.74, 6) is -0.946.